The molecule has 0 saturated carbocycles. The van der Waals surface area contributed by atoms with Crippen LogP contribution in [0.3, 0.4) is 0 Å². The lowest BCUT2D eigenvalue weighted by molar-refractivity contribution is 1.28. The van der Waals surface area contributed by atoms with Crippen molar-refractivity contribution < 1.29 is 0 Å². The highest BCUT2D eigenvalue weighted by atomic mass is 32.1. The van der Waals surface area contributed by atoms with Gasteiger partial charge in [-0.2, -0.15) is 0 Å². The quantitative estimate of drug-likeness (QED) is 0.177. The van der Waals surface area contributed by atoms with Gasteiger partial charge < -0.3 is 4.90 Å². The first-order chi connectivity index (χ1) is 23.8. The molecule has 0 aliphatic rings. The third-order valence-corrected chi connectivity index (χ3v) is 10.5. The van der Waals surface area contributed by atoms with E-state index < -0.39 is 0 Å². The lowest BCUT2D eigenvalue weighted by Crippen LogP contribution is -2.09. The molecule has 0 aliphatic heterocycles. The smallest absolute Gasteiger partial charge is 0.0462 e. The van der Waals surface area contributed by atoms with Gasteiger partial charge in [0.05, 0.1) is 0 Å². The SMILES string of the molecule is c1ccc(-c2ccc(N(c3ccc(-c4ccccc4)cc3)c3ccc(-c4cc5ccccc5c5c4sc4ccccc45)cc3)cc2)cc1. The molecule has 0 fully saturated rings. The fourth-order valence-corrected chi connectivity index (χ4v) is 8.15. The molecule has 48 heavy (non-hydrogen) atoms. The summed E-state index contributed by atoms with van der Waals surface area (Å²) in [6, 6.07) is 68.0. The van der Waals surface area contributed by atoms with Gasteiger partial charge in [-0.3, -0.25) is 0 Å². The van der Waals surface area contributed by atoms with Crippen molar-refractivity contribution in [3.8, 4) is 33.4 Å². The molecule has 0 spiro atoms. The Kier molecular flexibility index (Phi) is 7.07. The van der Waals surface area contributed by atoms with Crippen LogP contribution in [0.5, 0.6) is 0 Å². The number of thiophene rings is 1. The third kappa shape index (κ3) is 5.04. The van der Waals surface area contributed by atoms with E-state index in [1.807, 2.05) is 11.3 Å². The van der Waals surface area contributed by atoms with Gasteiger partial charge in [0.15, 0.2) is 0 Å². The zero-order valence-electron chi connectivity index (χ0n) is 26.3. The van der Waals surface area contributed by atoms with E-state index in [0.29, 0.717) is 0 Å². The van der Waals surface area contributed by atoms with Crippen molar-refractivity contribution in [1.29, 1.82) is 0 Å². The van der Waals surface area contributed by atoms with Crippen molar-refractivity contribution in [2.24, 2.45) is 0 Å². The van der Waals surface area contributed by atoms with E-state index in [4.69, 9.17) is 0 Å². The van der Waals surface area contributed by atoms with Crippen molar-refractivity contribution in [2.75, 3.05) is 4.90 Å². The normalized spacial score (nSPS) is 11.3. The standard InChI is InChI=1S/C46H31NS/c1-3-11-32(12-4-1)34-19-25-38(26-20-34)47(39-27-21-35(22-28-39)33-13-5-2-6-14-33)40-29-23-36(24-30-40)43-31-37-15-7-8-16-41(37)45-42-17-9-10-18-44(42)48-46(43)45/h1-31H. The van der Waals surface area contributed by atoms with Crippen LogP contribution in [0.4, 0.5) is 17.1 Å². The average Bonchev–Trinajstić information content (AvgIpc) is 3.56. The number of hydrogen-bond acceptors (Lipinski definition) is 2. The average molecular weight is 630 g/mol. The van der Waals surface area contributed by atoms with Gasteiger partial charge in [0.2, 0.25) is 0 Å². The number of benzene rings is 8. The van der Waals surface area contributed by atoms with Crippen LogP contribution in [0, 0.1) is 0 Å². The van der Waals surface area contributed by atoms with Gasteiger partial charge in [0.1, 0.15) is 0 Å². The van der Waals surface area contributed by atoms with Crippen LogP contribution in [0.15, 0.2) is 188 Å². The number of rotatable bonds is 6. The van der Waals surface area contributed by atoms with Crippen molar-refractivity contribution in [1.82, 2.24) is 0 Å². The zero-order valence-corrected chi connectivity index (χ0v) is 27.1. The Bertz CT molecular complexity index is 2430. The summed E-state index contributed by atoms with van der Waals surface area (Å²) in [5, 5.41) is 5.27. The molecule has 0 atom stereocenters. The van der Waals surface area contributed by atoms with Crippen LogP contribution in [-0.4, -0.2) is 0 Å². The second-order valence-electron chi connectivity index (χ2n) is 12.2. The molecule has 1 nitrogen and oxygen atoms in total. The second kappa shape index (κ2) is 12.0. The van der Waals surface area contributed by atoms with Crippen molar-refractivity contribution >= 4 is 59.3 Å². The third-order valence-electron chi connectivity index (χ3n) is 9.27. The molecular formula is C46H31NS. The molecule has 0 amide bonds. The Hall–Kier alpha value is -5.96. The van der Waals surface area contributed by atoms with E-state index in [9.17, 15) is 0 Å². The van der Waals surface area contributed by atoms with E-state index in [0.717, 1.165) is 17.1 Å². The Morgan fingerprint density at radius 3 is 1.35 bits per heavy atom. The van der Waals surface area contributed by atoms with Crippen LogP contribution < -0.4 is 4.90 Å². The molecule has 226 valence electrons. The predicted octanol–water partition coefficient (Wildman–Crippen LogP) is 13.7. The van der Waals surface area contributed by atoms with Crippen molar-refractivity contribution in [3.05, 3.63) is 188 Å². The molecule has 0 bridgehead atoms. The van der Waals surface area contributed by atoms with Crippen LogP contribution in [0.25, 0.3) is 64.3 Å². The first-order valence-electron chi connectivity index (χ1n) is 16.3. The van der Waals surface area contributed by atoms with Gasteiger partial charge in [0.25, 0.3) is 0 Å². The van der Waals surface area contributed by atoms with E-state index >= 15 is 0 Å². The second-order valence-corrected chi connectivity index (χ2v) is 13.2. The van der Waals surface area contributed by atoms with Crippen LogP contribution in [0.1, 0.15) is 0 Å². The molecule has 2 heteroatoms. The highest BCUT2D eigenvalue weighted by Gasteiger charge is 2.17. The monoisotopic (exact) mass is 629 g/mol. The summed E-state index contributed by atoms with van der Waals surface area (Å²) in [5.74, 6) is 0. The summed E-state index contributed by atoms with van der Waals surface area (Å²) >= 11 is 1.89. The molecule has 1 heterocycles. The Morgan fingerprint density at radius 2 is 0.792 bits per heavy atom. The lowest BCUT2D eigenvalue weighted by Gasteiger charge is -2.26. The molecule has 9 rings (SSSR count). The fourth-order valence-electron chi connectivity index (χ4n) is 6.89. The summed E-state index contributed by atoms with van der Waals surface area (Å²) in [5.41, 5.74) is 10.7. The van der Waals surface area contributed by atoms with E-state index in [-0.39, 0.29) is 0 Å². The molecule has 0 N–H and O–H groups in total. The maximum Gasteiger partial charge on any atom is 0.0462 e. The van der Waals surface area contributed by atoms with Gasteiger partial charge in [-0.05, 0) is 87.1 Å². The van der Waals surface area contributed by atoms with Crippen molar-refractivity contribution in [2.45, 2.75) is 0 Å². The van der Waals surface area contributed by atoms with Crippen molar-refractivity contribution in [3.63, 3.8) is 0 Å². The molecule has 0 unspecified atom stereocenters. The summed E-state index contributed by atoms with van der Waals surface area (Å²) < 4.78 is 2.67. The maximum atomic E-state index is 2.37. The van der Waals surface area contributed by atoms with E-state index in [1.165, 1.54) is 64.3 Å². The summed E-state index contributed by atoms with van der Waals surface area (Å²) in [7, 11) is 0. The van der Waals surface area contributed by atoms with Gasteiger partial charge in [0, 0.05) is 42.8 Å². The van der Waals surface area contributed by atoms with Crippen LogP contribution in [-0.2, 0) is 0 Å². The van der Waals surface area contributed by atoms with Gasteiger partial charge in [-0.25, -0.2) is 0 Å². The molecule has 0 aliphatic carbocycles. The number of hydrogen-bond donors (Lipinski definition) is 0. The number of anilines is 3. The minimum absolute atomic E-state index is 1.12. The highest BCUT2D eigenvalue weighted by Crippen LogP contribution is 2.45. The molecule has 0 saturated heterocycles. The van der Waals surface area contributed by atoms with Crippen LogP contribution >= 0.6 is 11.3 Å². The summed E-state index contributed by atoms with van der Waals surface area (Å²) in [4.78, 5) is 2.35. The topological polar surface area (TPSA) is 3.24 Å². The highest BCUT2D eigenvalue weighted by molar-refractivity contribution is 7.26. The molecule has 1 aromatic heterocycles. The number of fused-ring (bicyclic) bond motifs is 5. The number of nitrogens with zero attached hydrogens (tertiary/aromatic N) is 1. The molecular weight excluding hydrogens is 599 g/mol. The van der Waals surface area contributed by atoms with Gasteiger partial charge in [-0.15, -0.1) is 11.3 Å². The molecule has 9 aromatic rings. The fraction of sp³-hybridized carbons (Fsp3) is 0. The Balaban J connectivity index is 1.15. The largest absolute Gasteiger partial charge is 0.311 e. The molecule has 8 aromatic carbocycles. The summed E-state index contributed by atoms with van der Waals surface area (Å²) in [6.45, 7) is 0. The maximum absolute atomic E-state index is 2.37. The van der Waals surface area contributed by atoms with E-state index in [2.05, 4.69) is 193 Å². The first-order valence-corrected chi connectivity index (χ1v) is 17.2. The molecule has 0 radical (unpaired) electrons. The Morgan fingerprint density at radius 1 is 0.354 bits per heavy atom. The van der Waals surface area contributed by atoms with Gasteiger partial charge >= 0.3 is 0 Å². The first kappa shape index (κ1) is 28.3. The summed E-state index contributed by atoms with van der Waals surface area (Å²) in [6.07, 6.45) is 0. The minimum atomic E-state index is 1.12. The zero-order chi connectivity index (χ0) is 31.9. The van der Waals surface area contributed by atoms with E-state index in [1.54, 1.807) is 0 Å². The predicted molar refractivity (Wildman–Crippen MR) is 208 cm³/mol. The minimum Gasteiger partial charge on any atom is -0.311 e. The Labute approximate surface area is 284 Å². The van der Waals surface area contributed by atoms with Gasteiger partial charge in [-0.1, -0.05) is 140 Å². The van der Waals surface area contributed by atoms with Crippen LogP contribution in [0.2, 0.25) is 0 Å². The lowest BCUT2D eigenvalue weighted by atomic mass is 9.96.